The molecule has 1 aromatic rings. The number of likely N-dealkylation sites (tertiary alicyclic amines) is 1. The van der Waals surface area contributed by atoms with Gasteiger partial charge in [-0.1, -0.05) is 45.6 Å². The molecule has 0 aromatic heterocycles. The summed E-state index contributed by atoms with van der Waals surface area (Å²) in [5.74, 6) is -2.88. The van der Waals surface area contributed by atoms with Gasteiger partial charge >= 0.3 is 18.0 Å². The van der Waals surface area contributed by atoms with Crippen LogP contribution in [0.15, 0.2) is 24.3 Å². The van der Waals surface area contributed by atoms with Crippen LogP contribution in [-0.4, -0.2) is 78.7 Å². The fourth-order valence-corrected chi connectivity index (χ4v) is 3.59. The number of unbranched alkanes of at least 4 members (excludes halogenated alkanes) is 3. The van der Waals surface area contributed by atoms with Crippen LogP contribution in [0.2, 0.25) is 0 Å². The summed E-state index contributed by atoms with van der Waals surface area (Å²) in [5.41, 5.74) is 0.678. The summed E-state index contributed by atoms with van der Waals surface area (Å²) in [6, 6.07) is 7.48. The first-order valence-electron chi connectivity index (χ1n) is 12.8. The second-order valence-electron chi connectivity index (χ2n) is 8.64. The molecule has 2 rings (SSSR count). The number of ether oxygens (including phenoxy) is 3. The van der Waals surface area contributed by atoms with E-state index < -0.39 is 18.0 Å². The minimum absolute atomic E-state index is 0.271. The van der Waals surface area contributed by atoms with Gasteiger partial charge in [-0.25, -0.2) is 14.4 Å². The van der Waals surface area contributed by atoms with Gasteiger partial charge in [0.05, 0.1) is 13.2 Å². The second-order valence-corrected chi connectivity index (χ2v) is 8.64. The normalized spacial score (nSPS) is 14.2. The molecule has 0 bridgehead atoms. The van der Waals surface area contributed by atoms with Crippen molar-refractivity contribution in [3.63, 3.8) is 0 Å². The number of benzene rings is 1. The maximum atomic E-state index is 12.5. The molecule has 1 saturated heterocycles. The predicted molar refractivity (Wildman–Crippen MR) is 137 cm³/mol. The summed E-state index contributed by atoms with van der Waals surface area (Å²) in [6.45, 7) is 8.92. The van der Waals surface area contributed by atoms with E-state index in [1.807, 2.05) is 24.3 Å². The predicted octanol–water partition coefficient (Wildman–Crippen LogP) is 4.63. The number of aliphatic carboxylic acids is 2. The van der Waals surface area contributed by atoms with Gasteiger partial charge in [-0.05, 0) is 50.9 Å². The Hall–Kier alpha value is -2.85. The summed E-state index contributed by atoms with van der Waals surface area (Å²) in [4.78, 5) is 33.1. The number of amides is 1. The molecule has 1 aromatic carbocycles. The van der Waals surface area contributed by atoms with Crippen LogP contribution in [0, 0.1) is 0 Å². The summed E-state index contributed by atoms with van der Waals surface area (Å²) in [6.07, 6.45) is 8.61. The molecule has 0 saturated carbocycles. The van der Waals surface area contributed by atoms with Crippen LogP contribution in [0.1, 0.15) is 65.2 Å². The summed E-state index contributed by atoms with van der Waals surface area (Å²) < 4.78 is 17.2. The Morgan fingerprint density at radius 2 is 1.69 bits per heavy atom. The monoisotopic (exact) mass is 510 g/mol. The smallest absolute Gasteiger partial charge is 0.414 e. The molecule has 1 heterocycles. The Bertz CT molecular complexity index is 756. The van der Waals surface area contributed by atoms with E-state index in [4.69, 9.17) is 34.0 Å². The molecule has 1 unspecified atom stereocenters. The van der Waals surface area contributed by atoms with Crippen molar-refractivity contribution in [2.45, 2.75) is 71.3 Å². The van der Waals surface area contributed by atoms with Crippen molar-refractivity contribution in [1.29, 1.82) is 0 Å². The van der Waals surface area contributed by atoms with Crippen molar-refractivity contribution in [1.82, 2.24) is 4.90 Å². The van der Waals surface area contributed by atoms with Crippen LogP contribution >= 0.6 is 0 Å². The lowest BCUT2D eigenvalue weighted by atomic mass is 10.1. The number of hydrogen-bond acceptors (Lipinski definition) is 7. The standard InChI is InChI=1S/C24H40N2O4.C2H2O4/c1-3-5-6-10-17-29-22-13-11-12-21(18-22)25-24(27)30-23(20-28-16-4-2)19-26-14-8-7-9-15-26;3-1(4)2(5)6/h11-13,18,23H,3-10,14-17,19-20H2,1-2H3,(H,25,27);(H,3,4)(H,5,6). The summed E-state index contributed by atoms with van der Waals surface area (Å²) in [5, 5.41) is 17.6. The van der Waals surface area contributed by atoms with Crippen molar-refractivity contribution in [2.24, 2.45) is 0 Å². The van der Waals surface area contributed by atoms with Crippen molar-refractivity contribution < 1.29 is 38.8 Å². The number of anilines is 1. The topological polar surface area (TPSA) is 135 Å². The van der Waals surface area contributed by atoms with Crippen LogP contribution < -0.4 is 10.1 Å². The van der Waals surface area contributed by atoms with E-state index in [2.05, 4.69) is 24.1 Å². The number of nitrogens with one attached hydrogen (secondary N) is 1. The molecule has 1 atom stereocenters. The third-order valence-electron chi connectivity index (χ3n) is 5.37. The van der Waals surface area contributed by atoms with Gasteiger partial charge in [-0.2, -0.15) is 0 Å². The third kappa shape index (κ3) is 15.2. The summed E-state index contributed by atoms with van der Waals surface area (Å²) in [7, 11) is 0. The Balaban J connectivity index is 0.000000960. The second kappa shape index (κ2) is 19.4. The maximum absolute atomic E-state index is 12.5. The number of carbonyl (C=O) groups is 3. The van der Waals surface area contributed by atoms with Crippen LogP contribution in [0.3, 0.4) is 0 Å². The Kier molecular flexibility index (Phi) is 16.8. The molecular formula is C26H42N2O8. The average molecular weight is 511 g/mol. The molecule has 36 heavy (non-hydrogen) atoms. The lowest BCUT2D eigenvalue weighted by Gasteiger charge is -2.30. The molecular weight excluding hydrogens is 468 g/mol. The Morgan fingerprint density at radius 3 is 2.33 bits per heavy atom. The van der Waals surface area contributed by atoms with Gasteiger partial charge in [0.25, 0.3) is 0 Å². The molecule has 0 aliphatic carbocycles. The number of piperidine rings is 1. The van der Waals surface area contributed by atoms with Gasteiger partial charge in [0.2, 0.25) is 0 Å². The number of carbonyl (C=O) groups excluding carboxylic acids is 1. The van der Waals surface area contributed by atoms with Crippen LogP contribution in [0.5, 0.6) is 5.75 Å². The quantitative estimate of drug-likeness (QED) is 0.242. The van der Waals surface area contributed by atoms with Gasteiger partial charge in [0, 0.05) is 24.9 Å². The van der Waals surface area contributed by atoms with E-state index in [9.17, 15) is 4.79 Å². The fourth-order valence-electron chi connectivity index (χ4n) is 3.59. The highest BCUT2D eigenvalue weighted by molar-refractivity contribution is 6.27. The first-order valence-corrected chi connectivity index (χ1v) is 12.8. The zero-order valence-corrected chi connectivity index (χ0v) is 21.6. The Labute approximate surface area is 213 Å². The van der Waals surface area contributed by atoms with Crippen molar-refractivity contribution in [3.05, 3.63) is 24.3 Å². The van der Waals surface area contributed by atoms with E-state index in [1.54, 1.807) is 0 Å². The average Bonchev–Trinajstić information content (AvgIpc) is 2.85. The minimum Gasteiger partial charge on any atom is -0.494 e. The molecule has 10 heteroatoms. The third-order valence-corrected chi connectivity index (χ3v) is 5.37. The molecule has 1 aliphatic rings. The molecule has 1 amide bonds. The van der Waals surface area contributed by atoms with Crippen molar-refractivity contribution in [3.8, 4) is 5.75 Å². The van der Waals surface area contributed by atoms with E-state index in [0.29, 0.717) is 25.5 Å². The highest BCUT2D eigenvalue weighted by Crippen LogP contribution is 2.18. The maximum Gasteiger partial charge on any atom is 0.414 e. The van der Waals surface area contributed by atoms with E-state index in [0.717, 1.165) is 38.2 Å². The molecule has 10 nitrogen and oxygen atoms in total. The number of nitrogens with zero attached hydrogens (tertiary/aromatic N) is 1. The molecule has 1 fully saturated rings. The van der Waals surface area contributed by atoms with Crippen LogP contribution in [-0.2, 0) is 19.1 Å². The highest BCUT2D eigenvalue weighted by Gasteiger charge is 2.20. The van der Waals surface area contributed by atoms with Gasteiger partial charge in [0.1, 0.15) is 11.9 Å². The zero-order valence-electron chi connectivity index (χ0n) is 21.6. The van der Waals surface area contributed by atoms with E-state index in [1.165, 1.54) is 38.5 Å². The van der Waals surface area contributed by atoms with Crippen molar-refractivity contribution >= 4 is 23.7 Å². The molecule has 0 spiro atoms. The number of carboxylic acids is 2. The van der Waals surface area contributed by atoms with Crippen LogP contribution in [0.4, 0.5) is 10.5 Å². The first-order chi connectivity index (χ1) is 17.3. The molecule has 0 radical (unpaired) electrons. The highest BCUT2D eigenvalue weighted by atomic mass is 16.6. The minimum atomic E-state index is -1.82. The summed E-state index contributed by atoms with van der Waals surface area (Å²) >= 11 is 0. The molecule has 1 aliphatic heterocycles. The SMILES string of the molecule is CCCCCCOc1cccc(NC(=O)OC(COCCC)CN2CCCCC2)c1.O=C(O)C(=O)O. The van der Waals surface area contributed by atoms with E-state index >= 15 is 0 Å². The largest absolute Gasteiger partial charge is 0.494 e. The van der Waals surface area contributed by atoms with Gasteiger partial charge in [-0.15, -0.1) is 0 Å². The zero-order chi connectivity index (χ0) is 26.6. The molecule has 3 N–H and O–H groups in total. The first kappa shape index (κ1) is 31.2. The van der Waals surface area contributed by atoms with Crippen molar-refractivity contribution in [2.75, 3.05) is 44.8 Å². The van der Waals surface area contributed by atoms with Gasteiger partial charge < -0.3 is 24.4 Å². The van der Waals surface area contributed by atoms with E-state index in [-0.39, 0.29) is 6.10 Å². The number of rotatable bonds is 14. The lowest BCUT2D eigenvalue weighted by molar-refractivity contribution is -0.159. The number of hydrogen-bond donors (Lipinski definition) is 3. The lowest BCUT2D eigenvalue weighted by Crippen LogP contribution is -2.41. The van der Waals surface area contributed by atoms with Gasteiger partial charge in [-0.3, -0.25) is 10.2 Å². The number of carboxylic acid groups (broad SMARTS) is 2. The van der Waals surface area contributed by atoms with Crippen LogP contribution in [0.25, 0.3) is 0 Å². The fraction of sp³-hybridized carbons (Fsp3) is 0.654. The van der Waals surface area contributed by atoms with Gasteiger partial charge in [0.15, 0.2) is 0 Å². The Morgan fingerprint density at radius 1 is 0.972 bits per heavy atom. The molecule has 204 valence electrons.